The maximum absolute atomic E-state index is 13.0. The molecule has 27 heavy (non-hydrogen) atoms. The molecule has 0 radical (unpaired) electrons. The van der Waals surface area contributed by atoms with E-state index in [0.29, 0.717) is 13.2 Å². The van der Waals surface area contributed by atoms with Crippen LogP contribution >= 0.6 is 0 Å². The maximum Gasteiger partial charge on any atom is 0.416 e. The van der Waals surface area contributed by atoms with E-state index >= 15 is 0 Å². The van der Waals surface area contributed by atoms with Crippen molar-refractivity contribution in [1.29, 1.82) is 0 Å². The van der Waals surface area contributed by atoms with Crippen LogP contribution < -0.4 is 10.1 Å². The Morgan fingerprint density at radius 1 is 1.33 bits per heavy atom. The number of carbonyl (C=O) groups excluding carboxylic acids is 2. The van der Waals surface area contributed by atoms with Crippen LogP contribution in [0.4, 0.5) is 13.2 Å². The summed E-state index contributed by atoms with van der Waals surface area (Å²) in [7, 11) is 0. The number of halogens is 3. The fourth-order valence-electron chi connectivity index (χ4n) is 2.79. The van der Waals surface area contributed by atoms with Crippen LogP contribution in [0.15, 0.2) is 42.1 Å². The first-order chi connectivity index (χ1) is 12.8. The van der Waals surface area contributed by atoms with Gasteiger partial charge in [0.2, 0.25) is 0 Å². The number of carbonyl (C=O) groups is 2. The number of allylic oxidation sites excluding steroid dienone is 3. The normalized spacial score (nSPS) is 19.7. The van der Waals surface area contributed by atoms with E-state index in [1.54, 1.807) is 12.2 Å². The number of hydrogen-bond donors (Lipinski definition) is 1. The fourth-order valence-corrected chi connectivity index (χ4v) is 2.79. The summed E-state index contributed by atoms with van der Waals surface area (Å²) >= 11 is 0. The van der Waals surface area contributed by atoms with Gasteiger partial charge in [0, 0.05) is 30.7 Å². The summed E-state index contributed by atoms with van der Waals surface area (Å²) in [6.07, 6.45) is 0.892. The molecule has 0 saturated carbocycles. The quantitative estimate of drug-likeness (QED) is 0.850. The first kappa shape index (κ1) is 19.2. The van der Waals surface area contributed by atoms with E-state index in [1.807, 2.05) is 0 Å². The minimum atomic E-state index is -4.55. The third-order valence-corrected chi connectivity index (χ3v) is 4.24. The fraction of sp³-hybridized carbons (Fsp3) is 0.368. The molecule has 1 aliphatic carbocycles. The van der Waals surface area contributed by atoms with E-state index < -0.39 is 17.6 Å². The largest absolute Gasteiger partial charge is 0.492 e. The average molecular weight is 381 g/mol. The molecule has 1 aliphatic heterocycles. The zero-order valence-corrected chi connectivity index (χ0v) is 14.3. The van der Waals surface area contributed by atoms with Crippen LogP contribution in [0.25, 0.3) is 0 Å². The number of ether oxygens (including phenoxy) is 2. The molecule has 0 aromatic heterocycles. The second kappa shape index (κ2) is 7.96. The molecule has 1 heterocycles. The van der Waals surface area contributed by atoms with E-state index in [0.717, 1.165) is 24.6 Å². The van der Waals surface area contributed by atoms with Crippen molar-refractivity contribution in [2.24, 2.45) is 5.92 Å². The highest BCUT2D eigenvalue weighted by Gasteiger charge is 2.32. The standard InChI is InChI=1S/C19H18F3NO4/c20-19(21,22)13-4-5-16(17(8-13)27-11-12-6-7-26-10-12)18(25)23-14-2-1-3-15(24)9-14/h1-2,4-5,8-9,12H,3,6-7,10-11H2,(H,23,25). The van der Waals surface area contributed by atoms with Gasteiger partial charge in [-0.2, -0.15) is 13.2 Å². The molecule has 0 bridgehead atoms. The lowest BCUT2D eigenvalue weighted by atomic mass is 10.1. The van der Waals surface area contributed by atoms with Crippen LogP contribution in [0.5, 0.6) is 5.75 Å². The molecule has 1 amide bonds. The Bertz CT molecular complexity index is 793. The number of hydrogen-bond acceptors (Lipinski definition) is 4. The van der Waals surface area contributed by atoms with Gasteiger partial charge in [0.1, 0.15) is 5.75 Å². The molecule has 1 saturated heterocycles. The molecule has 0 spiro atoms. The predicted molar refractivity (Wildman–Crippen MR) is 90.2 cm³/mol. The number of amides is 1. The predicted octanol–water partition coefficient (Wildman–Crippen LogP) is 3.26. The van der Waals surface area contributed by atoms with E-state index in [4.69, 9.17) is 9.47 Å². The third kappa shape index (κ3) is 4.97. The minimum absolute atomic E-state index is 0.0331. The van der Waals surface area contributed by atoms with E-state index in [-0.39, 0.29) is 41.7 Å². The smallest absolute Gasteiger partial charge is 0.416 e. The van der Waals surface area contributed by atoms with Crippen LogP contribution in [0.3, 0.4) is 0 Å². The second-order valence-corrected chi connectivity index (χ2v) is 6.38. The molecule has 1 atom stereocenters. The van der Waals surface area contributed by atoms with Gasteiger partial charge in [0.25, 0.3) is 5.91 Å². The summed E-state index contributed by atoms with van der Waals surface area (Å²) in [6, 6.07) is 2.73. The summed E-state index contributed by atoms with van der Waals surface area (Å²) < 4.78 is 49.8. The molecule has 1 aromatic rings. The molecule has 1 N–H and O–H groups in total. The van der Waals surface area contributed by atoms with Gasteiger partial charge in [-0.05, 0) is 30.7 Å². The molecule has 1 fully saturated rings. The lowest BCUT2D eigenvalue weighted by molar-refractivity contribution is -0.137. The first-order valence-electron chi connectivity index (χ1n) is 8.47. The van der Waals surface area contributed by atoms with Crippen molar-refractivity contribution in [1.82, 2.24) is 5.32 Å². The Morgan fingerprint density at radius 3 is 2.81 bits per heavy atom. The van der Waals surface area contributed by atoms with Crippen molar-refractivity contribution < 1.29 is 32.2 Å². The number of rotatable bonds is 5. The monoisotopic (exact) mass is 381 g/mol. The van der Waals surface area contributed by atoms with Crippen molar-refractivity contribution in [2.45, 2.75) is 19.0 Å². The van der Waals surface area contributed by atoms with Crippen LogP contribution in [-0.2, 0) is 15.7 Å². The lowest BCUT2D eigenvalue weighted by Crippen LogP contribution is -2.25. The van der Waals surface area contributed by atoms with Gasteiger partial charge in [0.15, 0.2) is 5.78 Å². The summed E-state index contributed by atoms with van der Waals surface area (Å²) in [4.78, 5) is 23.9. The van der Waals surface area contributed by atoms with Gasteiger partial charge in [0.05, 0.1) is 24.3 Å². The van der Waals surface area contributed by atoms with Crippen molar-refractivity contribution in [3.05, 3.63) is 53.3 Å². The second-order valence-electron chi connectivity index (χ2n) is 6.38. The summed E-state index contributed by atoms with van der Waals surface area (Å²) in [5.41, 5.74) is -0.649. The molecular formula is C19H18F3NO4. The zero-order valence-electron chi connectivity index (χ0n) is 14.3. The zero-order chi connectivity index (χ0) is 19.4. The average Bonchev–Trinajstić information content (AvgIpc) is 3.12. The van der Waals surface area contributed by atoms with Gasteiger partial charge in [-0.1, -0.05) is 6.08 Å². The van der Waals surface area contributed by atoms with Crippen LogP contribution in [-0.4, -0.2) is 31.5 Å². The first-order valence-corrected chi connectivity index (χ1v) is 8.47. The Labute approximate surface area is 153 Å². The Balaban J connectivity index is 1.82. The Kier molecular flexibility index (Phi) is 5.65. The summed E-state index contributed by atoms with van der Waals surface area (Å²) in [5, 5.41) is 2.52. The molecule has 1 aromatic carbocycles. The lowest BCUT2D eigenvalue weighted by Gasteiger charge is -2.17. The third-order valence-electron chi connectivity index (χ3n) is 4.24. The van der Waals surface area contributed by atoms with Crippen molar-refractivity contribution in [2.75, 3.05) is 19.8 Å². The Morgan fingerprint density at radius 2 is 2.15 bits per heavy atom. The van der Waals surface area contributed by atoms with Crippen molar-refractivity contribution in [3.63, 3.8) is 0 Å². The van der Waals surface area contributed by atoms with E-state index in [2.05, 4.69) is 5.32 Å². The van der Waals surface area contributed by atoms with Crippen molar-refractivity contribution in [3.8, 4) is 5.75 Å². The highest BCUT2D eigenvalue weighted by atomic mass is 19.4. The molecule has 144 valence electrons. The highest BCUT2D eigenvalue weighted by molar-refractivity contribution is 6.00. The molecular weight excluding hydrogens is 363 g/mol. The topological polar surface area (TPSA) is 64.6 Å². The van der Waals surface area contributed by atoms with Crippen LogP contribution in [0.1, 0.15) is 28.8 Å². The molecule has 2 aliphatic rings. The SMILES string of the molecule is O=C1C=C(NC(=O)c2ccc(C(F)(F)F)cc2OCC2CCOC2)C=CC1. The highest BCUT2D eigenvalue weighted by Crippen LogP contribution is 2.33. The van der Waals surface area contributed by atoms with Crippen LogP contribution in [0, 0.1) is 5.92 Å². The number of ketones is 1. The van der Waals surface area contributed by atoms with Gasteiger partial charge in [-0.3, -0.25) is 9.59 Å². The summed E-state index contributed by atoms with van der Waals surface area (Å²) in [6.45, 7) is 1.21. The summed E-state index contributed by atoms with van der Waals surface area (Å²) in [5.74, 6) is -0.900. The number of benzene rings is 1. The number of nitrogens with one attached hydrogen (secondary N) is 1. The van der Waals surface area contributed by atoms with Gasteiger partial charge in [-0.25, -0.2) is 0 Å². The molecule has 3 rings (SSSR count). The van der Waals surface area contributed by atoms with Crippen LogP contribution in [0.2, 0.25) is 0 Å². The van der Waals surface area contributed by atoms with E-state index in [9.17, 15) is 22.8 Å². The number of alkyl halides is 3. The molecule has 8 heteroatoms. The van der Waals surface area contributed by atoms with Gasteiger partial charge >= 0.3 is 6.18 Å². The van der Waals surface area contributed by atoms with Crippen molar-refractivity contribution >= 4 is 11.7 Å². The van der Waals surface area contributed by atoms with E-state index in [1.165, 1.54) is 6.08 Å². The maximum atomic E-state index is 13.0. The minimum Gasteiger partial charge on any atom is -0.492 e. The molecule has 1 unspecified atom stereocenters. The van der Waals surface area contributed by atoms with Gasteiger partial charge < -0.3 is 14.8 Å². The Hall–Kier alpha value is -2.61. The van der Waals surface area contributed by atoms with Gasteiger partial charge in [-0.15, -0.1) is 0 Å². The molecule has 5 nitrogen and oxygen atoms in total.